The molecule has 0 heterocycles. The second kappa shape index (κ2) is 7.32. The second-order valence-electron chi connectivity index (χ2n) is 5.94. The van der Waals surface area contributed by atoms with Crippen LogP contribution in [0.1, 0.15) is 49.9 Å². The van der Waals surface area contributed by atoms with Gasteiger partial charge in [-0.05, 0) is 55.9 Å². The van der Waals surface area contributed by atoms with Crippen LogP contribution >= 0.6 is 0 Å². The standard InChI is InChI=1S/C17H26N2O/c1-3-18-17(20)15-8-10-16(11-9-15)19-12-14-6-4-13(2)5-7-14/h8-11,13-14,19H,3-7,12H2,1-2H3,(H,18,20). The number of carbonyl (C=O) groups is 1. The van der Waals surface area contributed by atoms with Gasteiger partial charge in [0.25, 0.3) is 5.91 Å². The van der Waals surface area contributed by atoms with Crippen molar-refractivity contribution in [3.63, 3.8) is 0 Å². The minimum atomic E-state index is 0.000295. The van der Waals surface area contributed by atoms with Crippen LogP contribution in [0, 0.1) is 11.8 Å². The van der Waals surface area contributed by atoms with E-state index in [9.17, 15) is 4.79 Å². The molecule has 1 aromatic carbocycles. The Morgan fingerprint density at radius 2 is 1.80 bits per heavy atom. The lowest BCUT2D eigenvalue weighted by atomic mass is 9.83. The molecule has 1 saturated carbocycles. The Hall–Kier alpha value is -1.51. The van der Waals surface area contributed by atoms with E-state index < -0.39 is 0 Å². The van der Waals surface area contributed by atoms with Crippen LogP contribution in [0.4, 0.5) is 5.69 Å². The number of hydrogen-bond acceptors (Lipinski definition) is 2. The minimum Gasteiger partial charge on any atom is -0.385 e. The summed E-state index contributed by atoms with van der Waals surface area (Å²) in [5.74, 6) is 1.71. The van der Waals surface area contributed by atoms with Crippen LogP contribution < -0.4 is 10.6 Å². The molecule has 0 aromatic heterocycles. The quantitative estimate of drug-likeness (QED) is 0.860. The average Bonchev–Trinajstić information content (AvgIpc) is 2.47. The number of amides is 1. The van der Waals surface area contributed by atoms with Crippen molar-refractivity contribution in [2.75, 3.05) is 18.4 Å². The summed E-state index contributed by atoms with van der Waals surface area (Å²) < 4.78 is 0. The zero-order valence-electron chi connectivity index (χ0n) is 12.6. The van der Waals surface area contributed by atoms with Gasteiger partial charge < -0.3 is 10.6 Å². The molecule has 0 saturated heterocycles. The molecule has 0 spiro atoms. The highest BCUT2D eigenvalue weighted by Crippen LogP contribution is 2.28. The summed E-state index contributed by atoms with van der Waals surface area (Å²) in [7, 11) is 0. The fourth-order valence-electron chi connectivity index (χ4n) is 2.80. The third-order valence-corrected chi connectivity index (χ3v) is 4.21. The van der Waals surface area contributed by atoms with Crippen LogP contribution in [0.2, 0.25) is 0 Å². The molecule has 0 atom stereocenters. The number of rotatable bonds is 5. The van der Waals surface area contributed by atoms with E-state index in [2.05, 4.69) is 17.6 Å². The number of benzene rings is 1. The van der Waals surface area contributed by atoms with E-state index in [4.69, 9.17) is 0 Å². The van der Waals surface area contributed by atoms with E-state index in [1.807, 2.05) is 31.2 Å². The maximum Gasteiger partial charge on any atom is 0.251 e. The van der Waals surface area contributed by atoms with Crippen molar-refractivity contribution in [1.82, 2.24) is 5.32 Å². The minimum absolute atomic E-state index is 0.000295. The number of hydrogen-bond donors (Lipinski definition) is 2. The van der Waals surface area contributed by atoms with Crippen molar-refractivity contribution in [3.8, 4) is 0 Å². The summed E-state index contributed by atoms with van der Waals surface area (Å²) in [6.07, 6.45) is 5.40. The lowest BCUT2D eigenvalue weighted by molar-refractivity contribution is 0.0956. The molecule has 1 aliphatic carbocycles. The van der Waals surface area contributed by atoms with E-state index in [-0.39, 0.29) is 5.91 Å². The van der Waals surface area contributed by atoms with Gasteiger partial charge in [-0.3, -0.25) is 4.79 Å². The van der Waals surface area contributed by atoms with Gasteiger partial charge in [0, 0.05) is 24.3 Å². The molecular formula is C17H26N2O. The van der Waals surface area contributed by atoms with Crippen LogP contribution in [0.15, 0.2) is 24.3 Å². The van der Waals surface area contributed by atoms with Crippen molar-refractivity contribution in [2.24, 2.45) is 11.8 Å². The van der Waals surface area contributed by atoms with E-state index >= 15 is 0 Å². The lowest BCUT2D eigenvalue weighted by Crippen LogP contribution is -2.22. The van der Waals surface area contributed by atoms with Crippen molar-refractivity contribution in [3.05, 3.63) is 29.8 Å². The normalized spacial score (nSPS) is 22.3. The van der Waals surface area contributed by atoms with E-state index in [1.165, 1.54) is 25.7 Å². The Kier molecular flexibility index (Phi) is 5.45. The predicted molar refractivity (Wildman–Crippen MR) is 84.1 cm³/mol. The van der Waals surface area contributed by atoms with Crippen LogP contribution in [0.25, 0.3) is 0 Å². The molecule has 0 aliphatic heterocycles. The summed E-state index contributed by atoms with van der Waals surface area (Å²) in [4.78, 5) is 11.7. The van der Waals surface area contributed by atoms with Gasteiger partial charge in [-0.25, -0.2) is 0 Å². The molecular weight excluding hydrogens is 248 g/mol. The first-order chi connectivity index (χ1) is 9.69. The zero-order chi connectivity index (χ0) is 14.4. The van der Waals surface area contributed by atoms with Gasteiger partial charge in [0.05, 0.1) is 0 Å². The van der Waals surface area contributed by atoms with E-state index in [0.29, 0.717) is 6.54 Å². The van der Waals surface area contributed by atoms with Crippen LogP contribution in [0.5, 0.6) is 0 Å². The van der Waals surface area contributed by atoms with Gasteiger partial charge in [-0.2, -0.15) is 0 Å². The zero-order valence-corrected chi connectivity index (χ0v) is 12.6. The molecule has 1 fully saturated rings. The SMILES string of the molecule is CCNC(=O)c1ccc(NCC2CCC(C)CC2)cc1. The first-order valence-electron chi connectivity index (χ1n) is 7.81. The fraction of sp³-hybridized carbons (Fsp3) is 0.588. The Labute approximate surface area is 122 Å². The largest absolute Gasteiger partial charge is 0.385 e. The molecule has 20 heavy (non-hydrogen) atoms. The average molecular weight is 274 g/mol. The van der Waals surface area contributed by atoms with Crippen molar-refractivity contribution < 1.29 is 4.79 Å². The monoisotopic (exact) mass is 274 g/mol. The molecule has 0 radical (unpaired) electrons. The fourth-order valence-corrected chi connectivity index (χ4v) is 2.80. The van der Waals surface area contributed by atoms with Gasteiger partial charge in [0.15, 0.2) is 0 Å². The molecule has 3 heteroatoms. The molecule has 2 N–H and O–H groups in total. The highest BCUT2D eigenvalue weighted by Gasteiger charge is 2.17. The maximum absolute atomic E-state index is 11.7. The van der Waals surface area contributed by atoms with Gasteiger partial charge in [0.2, 0.25) is 0 Å². The highest BCUT2D eigenvalue weighted by atomic mass is 16.1. The molecule has 0 unspecified atom stereocenters. The van der Waals surface area contributed by atoms with Crippen LogP contribution in [0.3, 0.4) is 0 Å². The second-order valence-corrected chi connectivity index (χ2v) is 5.94. The summed E-state index contributed by atoms with van der Waals surface area (Å²) in [5.41, 5.74) is 1.83. The van der Waals surface area contributed by atoms with Gasteiger partial charge in [-0.1, -0.05) is 19.8 Å². The summed E-state index contributed by atoms with van der Waals surface area (Å²) >= 11 is 0. The molecule has 3 nitrogen and oxygen atoms in total. The van der Waals surface area contributed by atoms with Crippen LogP contribution in [-0.4, -0.2) is 19.0 Å². The van der Waals surface area contributed by atoms with Crippen molar-refractivity contribution in [2.45, 2.75) is 39.5 Å². The third-order valence-electron chi connectivity index (χ3n) is 4.21. The highest BCUT2D eigenvalue weighted by molar-refractivity contribution is 5.94. The van der Waals surface area contributed by atoms with Gasteiger partial charge in [-0.15, -0.1) is 0 Å². The molecule has 0 bridgehead atoms. The first kappa shape index (κ1) is 14.9. The Bertz CT molecular complexity index is 419. The van der Waals surface area contributed by atoms with Crippen LogP contribution in [-0.2, 0) is 0 Å². The smallest absolute Gasteiger partial charge is 0.251 e. The number of anilines is 1. The van der Waals surface area contributed by atoms with E-state index in [1.54, 1.807) is 0 Å². The van der Waals surface area contributed by atoms with Crippen molar-refractivity contribution >= 4 is 11.6 Å². The number of carbonyl (C=O) groups excluding carboxylic acids is 1. The summed E-state index contributed by atoms with van der Waals surface area (Å²) in [6, 6.07) is 7.76. The molecule has 110 valence electrons. The predicted octanol–water partition coefficient (Wildman–Crippen LogP) is 3.67. The maximum atomic E-state index is 11.7. The van der Waals surface area contributed by atoms with Gasteiger partial charge in [0.1, 0.15) is 0 Å². The number of nitrogens with one attached hydrogen (secondary N) is 2. The van der Waals surface area contributed by atoms with Crippen molar-refractivity contribution in [1.29, 1.82) is 0 Å². The molecule has 1 aliphatic rings. The Balaban J connectivity index is 1.80. The Morgan fingerprint density at radius 3 is 2.40 bits per heavy atom. The summed E-state index contributed by atoms with van der Waals surface area (Å²) in [6.45, 7) is 5.99. The summed E-state index contributed by atoms with van der Waals surface area (Å²) in [5, 5.41) is 6.31. The third kappa shape index (κ3) is 4.26. The topological polar surface area (TPSA) is 41.1 Å². The molecule has 1 aromatic rings. The Morgan fingerprint density at radius 1 is 1.15 bits per heavy atom. The first-order valence-corrected chi connectivity index (χ1v) is 7.81. The van der Waals surface area contributed by atoms with Gasteiger partial charge >= 0.3 is 0 Å². The lowest BCUT2D eigenvalue weighted by Gasteiger charge is -2.26. The molecule has 2 rings (SSSR count). The van der Waals surface area contributed by atoms with E-state index in [0.717, 1.165) is 29.6 Å². The molecule has 1 amide bonds.